The summed E-state index contributed by atoms with van der Waals surface area (Å²) >= 11 is 0. The molecule has 0 aliphatic carbocycles. The molecule has 3 N–H and O–H groups in total. The molecule has 1 atom stereocenters. The number of H-pyrrole nitrogens is 1. The number of nitrogens with one attached hydrogen (secondary N) is 3. The summed E-state index contributed by atoms with van der Waals surface area (Å²) in [4.78, 5) is 28.5. The van der Waals surface area contributed by atoms with E-state index in [1.165, 1.54) is 0 Å². The second-order valence-corrected chi connectivity index (χ2v) is 8.46. The van der Waals surface area contributed by atoms with Gasteiger partial charge in [0.2, 0.25) is 0 Å². The summed E-state index contributed by atoms with van der Waals surface area (Å²) in [6.45, 7) is 10.6. The third kappa shape index (κ3) is 3.85. The standard InChI is InChI=1S/C23H28N6O2/c1-12(2)29-20-8-16(17-9-25-26-10-17)7-18(21(20)15(5)28-29)22(30)24-11-19-13(3)6-14(4)27-23(19)31/h6-9,12,17,26H,10-11H2,1-5H3,(H,24,30)(H,27,31). The van der Waals surface area contributed by atoms with Gasteiger partial charge in [0.05, 0.1) is 16.8 Å². The minimum Gasteiger partial charge on any atom is -0.348 e. The van der Waals surface area contributed by atoms with Crippen molar-refractivity contribution in [2.45, 2.75) is 53.1 Å². The molecule has 0 radical (unpaired) electrons. The van der Waals surface area contributed by atoms with Gasteiger partial charge in [0.25, 0.3) is 11.5 Å². The number of fused-ring (bicyclic) bond motifs is 1. The van der Waals surface area contributed by atoms with Gasteiger partial charge in [-0.25, -0.2) is 0 Å². The number of pyridine rings is 1. The van der Waals surface area contributed by atoms with Crippen LogP contribution in [0.2, 0.25) is 0 Å². The Kier molecular flexibility index (Phi) is 5.39. The number of benzene rings is 1. The van der Waals surface area contributed by atoms with E-state index in [1.54, 1.807) is 0 Å². The number of rotatable bonds is 5. The predicted molar refractivity (Wildman–Crippen MR) is 122 cm³/mol. The van der Waals surface area contributed by atoms with Crippen molar-refractivity contribution in [3.8, 4) is 0 Å². The molecule has 0 fully saturated rings. The smallest absolute Gasteiger partial charge is 0.253 e. The maximum atomic E-state index is 13.3. The summed E-state index contributed by atoms with van der Waals surface area (Å²) in [5.74, 6) is -0.130. The average Bonchev–Trinajstić information content (AvgIpc) is 3.35. The fourth-order valence-electron chi connectivity index (χ4n) is 4.18. The van der Waals surface area contributed by atoms with Crippen LogP contribution >= 0.6 is 0 Å². The van der Waals surface area contributed by atoms with Gasteiger partial charge in [-0.05, 0) is 63.9 Å². The Balaban J connectivity index is 1.76. The lowest BCUT2D eigenvalue weighted by Crippen LogP contribution is -2.28. The highest BCUT2D eigenvalue weighted by Gasteiger charge is 2.23. The Morgan fingerprint density at radius 1 is 1.26 bits per heavy atom. The SMILES string of the molecule is Cc1cc(C)c(CNC(=O)c2cc(C3C=NNC3)cc3c2c(C)nn3C(C)C)c(=O)[nH]1. The number of hydrogen-bond donors (Lipinski definition) is 3. The summed E-state index contributed by atoms with van der Waals surface area (Å²) in [5, 5.41) is 12.6. The van der Waals surface area contributed by atoms with Crippen LogP contribution in [0.15, 0.2) is 28.1 Å². The number of amides is 1. The van der Waals surface area contributed by atoms with Crippen molar-refractivity contribution in [2.75, 3.05) is 6.54 Å². The summed E-state index contributed by atoms with van der Waals surface area (Å²) in [5.41, 5.74) is 8.35. The van der Waals surface area contributed by atoms with Crippen molar-refractivity contribution in [1.29, 1.82) is 0 Å². The first kappa shape index (κ1) is 20.8. The van der Waals surface area contributed by atoms with Crippen LogP contribution in [0.5, 0.6) is 0 Å². The van der Waals surface area contributed by atoms with Crippen LogP contribution in [-0.4, -0.2) is 33.4 Å². The number of carbonyl (C=O) groups is 1. The lowest BCUT2D eigenvalue weighted by molar-refractivity contribution is 0.0952. The third-order valence-electron chi connectivity index (χ3n) is 5.74. The minimum atomic E-state index is -0.222. The second-order valence-electron chi connectivity index (χ2n) is 8.46. The topological polar surface area (TPSA) is 104 Å². The Morgan fingerprint density at radius 2 is 2.03 bits per heavy atom. The molecule has 8 nitrogen and oxygen atoms in total. The van der Waals surface area contributed by atoms with Gasteiger partial charge < -0.3 is 15.7 Å². The molecular formula is C23H28N6O2. The highest BCUT2D eigenvalue weighted by atomic mass is 16.1. The number of hydrazone groups is 1. The molecule has 0 spiro atoms. The zero-order valence-corrected chi connectivity index (χ0v) is 18.5. The van der Waals surface area contributed by atoms with E-state index >= 15 is 0 Å². The van der Waals surface area contributed by atoms with E-state index in [-0.39, 0.29) is 30.0 Å². The molecule has 1 aliphatic rings. The van der Waals surface area contributed by atoms with Crippen molar-refractivity contribution >= 4 is 23.0 Å². The largest absolute Gasteiger partial charge is 0.348 e. The summed E-state index contributed by atoms with van der Waals surface area (Å²) < 4.78 is 1.96. The number of nitrogens with zero attached hydrogens (tertiary/aromatic N) is 3. The molecule has 1 amide bonds. The van der Waals surface area contributed by atoms with Gasteiger partial charge in [0, 0.05) is 47.9 Å². The quantitative estimate of drug-likeness (QED) is 0.590. The first-order valence-corrected chi connectivity index (χ1v) is 10.5. The molecule has 4 rings (SSSR count). The molecule has 1 aromatic carbocycles. The van der Waals surface area contributed by atoms with E-state index in [0.29, 0.717) is 17.7 Å². The van der Waals surface area contributed by atoms with Crippen molar-refractivity contribution in [1.82, 2.24) is 25.5 Å². The van der Waals surface area contributed by atoms with Crippen LogP contribution < -0.4 is 16.3 Å². The highest BCUT2D eigenvalue weighted by molar-refractivity contribution is 6.08. The first-order chi connectivity index (χ1) is 14.8. The van der Waals surface area contributed by atoms with E-state index in [9.17, 15) is 9.59 Å². The van der Waals surface area contributed by atoms with Gasteiger partial charge >= 0.3 is 0 Å². The molecule has 162 valence electrons. The Bertz CT molecular complexity index is 1250. The fourth-order valence-corrected chi connectivity index (χ4v) is 4.18. The number of aryl methyl sites for hydroxylation is 3. The summed E-state index contributed by atoms with van der Waals surface area (Å²) in [6, 6.07) is 6.09. The molecule has 8 heteroatoms. The highest BCUT2D eigenvalue weighted by Crippen LogP contribution is 2.30. The van der Waals surface area contributed by atoms with Gasteiger partial charge in [-0.3, -0.25) is 14.3 Å². The molecular weight excluding hydrogens is 392 g/mol. The van der Waals surface area contributed by atoms with Gasteiger partial charge in [-0.15, -0.1) is 0 Å². The van der Waals surface area contributed by atoms with Gasteiger partial charge in [-0.1, -0.05) is 0 Å². The van der Waals surface area contributed by atoms with Crippen LogP contribution in [0.1, 0.15) is 64.2 Å². The molecule has 31 heavy (non-hydrogen) atoms. The fraction of sp³-hybridized carbons (Fsp3) is 0.391. The van der Waals surface area contributed by atoms with Crippen LogP contribution in [0.4, 0.5) is 0 Å². The molecule has 2 aromatic heterocycles. The maximum absolute atomic E-state index is 13.3. The predicted octanol–water partition coefficient (Wildman–Crippen LogP) is 2.83. The van der Waals surface area contributed by atoms with E-state index in [1.807, 2.05) is 43.8 Å². The minimum absolute atomic E-state index is 0.0916. The van der Waals surface area contributed by atoms with E-state index < -0.39 is 0 Å². The number of carbonyl (C=O) groups excluding carboxylic acids is 1. The first-order valence-electron chi connectivity index (χ1n) is 10.5. The van der Waals surface area contributed by atoms with Gasteiger partial charge in [-0.2, -0.15) is 10.2 Å². The van der Waals surface area contributed by atoms with Crippen molar-refractivity contribution in [3.63, 3.8) is 0 Å². The molecule has 3 heterocycles. The molecule has 0 saturated carbocycles. The van der Waals surface area contributed by atoms with E-state index in [2.05, 4.69) is 45.8 Å². The Morgan fingerprint density at radius 3 is 2.68 bits per heavy atom. The van der Waals surface area contributed by atoms with Crippen LogP contribution in [0, 0.1) is 20.8 Å². The van der Waals surface area contributed by atoms with Gasteiger partial charge in [0.1, 0.15) is 0 Å². The lowest BCUT2D eigenvalue weighted by Gasteiger charge is -2.14. The van der Waals surface area contributed by atoms with Crippen LogP contribution in [-0.2, 0) is 6.54 Å². The Hall–Kier alpha value is -3.42. The lowest BCUT2D eigenvalue weighted by atomic mass is 9.95. The van der Waals surface area contributed by atoms with Crippen molar-refractivity contribution in [3.05, 3.63) is 62.2 Å². The molecule has 3 aromatic rings. The number of hydrogen-bond acceptors (Lipinski definition) is 5. The van der Waals surface area contributed by atoms with E-state index in [4.69, 9.17) is 0 Å². The number of aromatic amines is 1. The average molecular weight is 421 g/mol. The van der Waals surface area contributed by atoms with Crippen LogP contribution in [0.25, 0.3) is 10.9 Å². The third-order valence-corrected chi connectivity index (χ3v) is 5.74. The van der Waals surface area contributed by atoms with Crippen LogP contribution in [0.3, 0.4) is 0 Å². The number of aromatic nitrogens is 3. The molecule has 1 aliphatic heterocycles. The van der Waals surface area contributed by atoms with E-state index in [0.717, 1.165) is 33.4 Å². The monoisotopic (exact) mass is 420 g/mol. The van der Waals surface area contributed by atoms with Gasteiger partial charge in [0.15, 0.2) is 0 Å². The van der Waals surface area contributed by atoms with Crippen molar-refractivity contribution in [2.24, 2.45) is 5.10 Å². The zero-order chi connectivity index (χ0) is 22.3. The normalized spacial score (nSPS) is 15.6. The maximum Gasteiger partial charge on any atom is 0.253 e. The second kappa shape index (κ2) is 8.02. The summed E-state index contributed by atoms with van der Waals surface area (Å²) in [7, 11) is 0. The summed E-state index contributed by atoms with van der Waals surface area (Å²) in [6.07, 6.45) is 1.86. The Labute approximate surface area is 180 Å². The van der Waals surface area contributed by atoms with Crippen molar-refractivity contribution < 1.29 is 4.79 Å². The molecule has 0 bridgehead atoms. The zero-order valence-electron chi connectivity index (χ0n) is 18.5. The molecule has 1 unspecified atom stereocenters. The molecule has 0 saturated heterocycles.